The van der Waals surface area contributed by atoms with Gasteiger partial charge in [0, 0.05) is 10.2 Å². The average molecular weight is 589 g/mol. The van der Waals surface area contributed by atoms with Crippen molar-refractivity contribution in [3.63, 3.8) is 0 Å². The van der Waals surface area contributed by atoms with Crippen molar-refractivity contribution in [1.29, 1.82) is 0 Å². The third-order valence-corrected chi connectivity index (χ3v) is 8.12. The Morgan fingerprint density at radius 3 is 2.29 bits per heavy atom. The lowest BCUT2D eigenvalue weighted by Gasteiger charge is -2.28. The molecule has 1 aliphatic carbocycles. The van der Waals surface area contributed by atoms with E-state index in [-0.39, 0.29) is 33.8 Å². The minimum Gasteiger partial charge on any atom is -0.452 e. The topological polar surface area (TPSA) is 92.8 Å². The minimum atomic E-state index is -0.774. The van der Waals surface area contributed by atoms with Crippen LogP contribution in [0.3, 0.4) is 0 Å². The van der Waals surface area contributed by atoms with Gasteiger partial charge in [0.25, 0.3) is 5.91 Å². The molecule has 0 aromatic heterocycles. The SMILES string of the molecule is O=C(COC(=O)c1cccc(N2C(=O)[C@H]3C[C@@H](Cl)[C@@H](Cl)C[C@H]3C2=O)c1)Nc1ccc(Br)c(Cl)c1. The third-order valence-electron chi connectivity index (χ3n) is 5.79. The Balaban J connectivity index is 1.41. The highest BCUT2D eigenvalue weighted by atomic mass is 79.9. The van der Waals surface area contributed by atoms with Gasteiger partial charge in [-0.15, -0.1) is 23.2 Å². The van der Waals surface area contributed by atoms with Crippen LogP contribution in [-0.4, -0.2) is 41.1 Å². The number of hydrogen-bond acceptors (Lipinski definition) is 5. The number of esters is 1. The summed E-state index contributed by atoms with van der Waals surface area (Å²) in [6, 6.07) is 10.8. The Labute approximate surface area is 218 Å². The van der Waals surface area contributed by atoms with Crippen molar-refractivity contribution in [1.82, 2.24) is 0 Å². The van der Waals surface area contributed by atoms with Crippen LogP contribution < -0.4 is 10.2 Å². The maximum atomic E-state index is 12.9. The molecule has 1 saturated heterocycles. The molecule has 1 N–H and O–H groups in total. The first-order valence-corrected chi connectivity index (χ1v) is 12.4. The van der Waals surface area contributed by atoms with Crippen LogP contribution in [0.5, 0.6) is 0 Å². The van der Waals surface area contributed by atoms with Gasteiger partial charge in [-0.05, 0) is 65.2 Å². The molecule has 0 bridgehead atoms. The predicted molar refractivity (Wildman–Crippen MR) is 132 cm³/mol. The molecule has 7 nitrogen and oxygen atoms in total. The van der Waals surface area contributed by atoms with E-state index in [0.29, 0.717) is 28.0 Å². The highest BCUT2D eigenvalue weighted by molar-refractivity contribution is 9.10. The second kappa shape index (κ2) is 10.2. The van der Waals surface area contributed by atoms with Gasteiger partial charge in [-0.2, -0.15) is 0 Å². The van der Waals surface area contributed by atoms with E-state index in [1.54, 1.807) is 24.3 Å². The first-order chi connectivity index (χ1) is 16.2. The number of imide groups is 1. The number of hydrogen-bond donors (Lipinski definition) is 1. The highest BCUT2D eigenvalue weighted by Crippen LogP contribution is 2.43. The zero-order valence-corrected chi connectivity index (χ0v) is 21.3. The number of fused-ring (bicyclic) bond motifs is 1. The molecule has 0 unspecified atom stereocenters. The summed E-state index contributed by atoms with van der Waals surface area (Å²) in [7, 11) is 0. The molecule has 2 aromatic carbocycles. The fourth-order valence-corrected chi connectivity index (χ4v) is 5.12. The maximum Gasteiger partial charge on any atom is 0.338 e. The minimum absolute atomic E-state index is 0.0953. The van der Waals surface area contributed by atoms with Gasteiger partial charge in [0.2, 0.25) is 11.8 Å². The molecule has 4 rings (SSSR count). The number of amides is 3. The van der Waals surface area contributed by atoms with Crippen molar-refractivity contribution < 1.29 is 23.9 Å². The van der Waals surface area contributed by atoms with E-state index < -0.39 is 30.3 Å². The van der Waals surface area contributed by atoms with Crippen molar-refractivity contribution in [2.24, 2.45) is 11.8 Å². The van der Waals surface area contributed by atoms with Gasteiger partial charge in [-0.25, -0.2) is 4.79 Å². The first-order valence-electron chi connectivity index (χ1n) is 10.3. The number of halogens is 4. The summed E-state index contributed by atoms with van der Waals surface area (Å²) in [4.78, 5) is 51.6. The molecule has 2 fully saturated rings. The molecule has 2 aromatic rings. The number of nitrogens with zero attached hydrogens (tertiary/aromatic N) is 1. The van der Waals surface area contributed by atoms with Gasteiger partial charge < -0.3 is 10.1 Å². The lowest BCUT2D eigenvalue weighted by Crippen LogP contribution is -2.34. The molecule has 34 heavy (non-hydrogen) atoms. The molecular formula is C23H18BrCl3N2O5. The second-order valence-corrected chi connectivity index (χ2v) is 10.4. The molecular weight excluding hydrogens is 571 g/mol. The van der Waals surface area contributed by atoms with Crippen LogP contribution in [0.1, 0.15) is 23.2 Å². The largest absolute Gasteiger partial charge is 0.452 e. The molecule has 178 valence electrons. The normalized spacial score (nSPS) is 24.1. The van der Waals surface area contributed by atoms with E-state index in [9.17, 15) is 19.2 Å². The van der Waals surface area contributed by atoms with Crippen LogP contribution in [-0.2, 0) is 19.1 Å². The number of carbonyl (C=O) groups is 4. The fourth-order valence-electron chi connectivity index (χ4n) is 4.11. The van der Waals surface area contributed by atoms with Crippen LogP contribution in [0.25, 0.3) is 0 Å². The lowest BCUT2D eigenvalue weighted by molar-refractivity contribution is -0.122. The van der Waals surface area contributed by atoms with E-state index in [2.05, 4.69) is 21.2 Å². The molecule has 0 spiro atoms. The van der Waals surface area contributed by atoms with E-state index >= 15 is 0 Å². The number of rotatable bonds is 5. The van der Waals surface area contributed by atoms with Crippen molar-refractivity contribution in [3.8, 4) is 0 Å². The van der Waals surface area contributed by atoms with E-state index in [1.165, 1.54) is 18.2 Å². The summed E-state index contributed by atoms with van der Waals surface area (Å²) in [5, 5.41) is 2.22. The molecule has 1 heterocycles. The number of anilines is 2. The van der Waals surface area contributed by atoms with E-state index in [1.807, 2.05) is 0 Å². The summed E-state index contributed by atoms with van der Waals surface area (Å²) < 4.78 is 5.77. The lowest BCUT2D eigenvalue weighted by atomic mass is 9.80. The summed E-state index contributed by atoms with van der Waals surface area (Å²) in [6.45, 7) is -0.531. The second-order valence-electron chi connectivity index (χ2n) is 8.03. The van der Waals surface area contributed by atoms with Crippen LogP contribution in [0.4, 0.5) is 11.4 Å². The molecule has 11 heteroatoms. The van der Waals surface area contributed by atoms with Gasteiger partial charge in [0.05, 0.1) is 38.9 Å². The van der Waals surface area contributed by atoms with Gasteiger partial charge in [0.15, 0.2) is 6.61 Å². The maximum absolute atomic E-state index is 12.9. The van der Waals surface area contributed by atoms with E-state index in [0.717, 1.165) is 4.90 Å². The summed E-state index contributed by atoms with van der Waals surface area (Å²) >= 11 is 21.7. The molecule has 2 aliphatic rings. The summed E-state index contributed by atoms with van der Waals surface area (Å²) in [6.07, 6.45) is 0.643. The van der Waals surface area contributed by atoms with Crippen molar-refractivity contribution >= 4 is 85.8 Å². The highest BCUT2D eigenvalue weighted by Gasteiger charge is 2.52. The van der Waals surface area contributed by atoms with Crippen LogP contribution in [0, 0.1) is 11.8 Å². The Bertz CT molecular complexity index is 1150. The standard InChI is InChI=1S/C23H18BrCl3N2O5/c24-16-5-4-12(7-17(16)25)28-20(30)10-34-23(33)11-2-1-3-13(6-11)29-21(31)14-8-18(26)19(27)9-15(14)22(29)32/h1-7,14-15,18-19H,8-10H2,(H,28,30)/t14-,15+,18+,19-. The van der Waals surface area contributed by atoms with E-state index in [4.69, 9.17) is 39.5 Å². The third kappa shape index (κ3) is 5.10. The summed E-state index contributed by atoms with van der Waals surface area (Å²) in [5.74, 6) is -3.11. The number of alkyl halides is 2. The van der Waals surface area contributed by atoms with Crippen molar-refractivity contribution in [3.05, 3.63) is 57.5 Å². The quantitative estimate of drug-likeness (QED) is 0.301. The molecule has 1 aliphatic heterocycles. The van der Waals surface area contributed by atoms with Crippen molar-refractivity contribution in [2.45, 2.75) is 23.6 Å². The van der Waals surface area contributed by atoms with Gasteiger partial charge >= 0.3 is 5.97 Å². The summed E-state index contributed by atoms with van der Waals surface area (Å²) in [5.41, 5.74) is 0.796. The Hall–Kier alpha value is -2.13. The number of benzene rings is 2. The van der Waals surface area contributed by atoms with Crippen LogP contribution in [0.15, 0.2) is 46.9 Å². The number of nitrogens with one attached hydrogen (secondary N) is 1. The average Bonchev–Trinajstić information content (AvgIpc) is 3.04. The molecule has 3 amide bonds. The molecule has 1 saturated carbocycles. The monoisotopic (exact) mass is 586 g/mol. The van der Waals surface area contributed by atoms with Crippen molar-refractivity contribution in [2.75, 3.05) is 16.8 Å². The predicted octanol–water partition coefficient (Wildman–Crippen LogP) is 5.01. The van der Waals surface area contributed by atoms with Gasteiger partial charge in [-0.3, -0.25) is 19.3 Å². The molecule has 4 atom stereocenters. The number of carbonyl (C=O) groups excluding carboxylic acids is 4. The van der Waals surface area contributed by atoms with Gasteiger partial charge in [0.1, 0.15) is 0 Å². The fraction of sp³-hybridized carbons (Fsp3) is 0.304. The van der Waals surface area contributed by atoms with Gasteiger partial charge in [-0.1, -0.05) is 17.7 Å². The zero-order valence-electron chi connectivity index (χ0n) is 17.5. The first kappa shape index (κ1) is 25.0. The van der Waals surface area contributed by atoms with Crippen LogP contribution >= 0.6 is 50.7 Å². The smallest absolute Gasteiger partial charge is 0.338 e. The Kier molecular flexibility index (Phi) is 7.52. The Morgan fingerprint density at radius 2 is 1.68 bits per heavy atom. The molecule has 0 radical (unpaired) electrons. The zero-order chi connectivity index (χ0) is 24.6. The van der Waals surface area contributed by atoms with Crippen LogP contribution in [0.2, 0.25) is 5.02 Å². The number of ether oxygens (including phenoxy) is 1. The Morgan fingerprint density at radius 1 is 1.03 bits per heavy atom.